The number of esters is 1. The van der Waals surface area contributed by atoms with Gasteiger partial charge in [0.05, 0.1) is 24.4 Å². The lowest BCUT2D eigenvalue weighted by Crippen LogP contribution is -2.50. The van der Waals surface area contributed by atoms with Crippen LogP contribution < -0.4 is 5.69 Å². The van der Waals surface area contributed by atoms with Crippen LogP contribution in [0.25, 0.3) is 11.0 Å². The molecule has 32 heavy (non-hydrogen) atoms. The summed E-state index contributed by atoms with van der Waals surface area (Å²) in [6.45, 7) is 2.61. The van der Waals surface area contributed by atoms with Gasteiger partial charge in [-0.05, 0) is 37.5 Å². The summed E-state index contributed by atoms with van der Waals surface area (Å²) in [6.07, 6.45) is 1.97. The number of fused-ring (bicyclic) bond motifs is 1. The lowest BCUT2D eigenvalue weighted by molar-refractivity contribution is -0.150. The summed E-state index contributed by atoms with van der Waals surface area (Å²) in [5, 5.41) is 0. The van der Waals surface area contributed by atoms with Crippen molar-refractivity contribution in [3.8, 4) is 0 Å². The highest BCUT2D eigenvalue weighted by Gasteiger charge is 2.39. The molecule has 170 valence electrons. The van der Waals surface area contributed by atoms with E-state index in [1.54, 1.807) is 24.3 Å². The monoisotopic (exact) mass is 457 g/mol. The van der Waals surface area contributed by atoms with Gasteiger partial charge in [-0.15, -0.1) is 0 Å². The van der Waals surface area contributed by atoms with E-state index in [1.165, 1.54) is 11.7 Å². The Hall–Kier alpha value is -2.91. The van der Waals surface area contributed by atoms with Crippen molar-refractivity contribution in [1.29, 1.82) is 0 Å². The molecule has 1 aliphatic heterocycles. The van der Waals surface area contributed by atoms with Crippen molar-refractivity contribution in [3.05, 3.63) is 70.6 Å². The van der Waals surface area contributed by atoms with Crippen LogP contribution in [0.5, 0.6) is 0 Å². The SMILES string of the molecule is COC(=O)[C@H]1C[C@H](n2c(=O)n(S(C)(=O)=O)c3ccccc32)CCN1[C@@H](C)c1ccccc1. The molecule has 1 saturated heterocycles. The maximum absolute atomic E-state index is 13.2. The van der Waals surface area contributed by atoms with Gasteiger partial charge in [0.1, 0.15) is 6.04 Å². The number of ether oxygens (including phenoxy) is 1. The van der Waals surface area contributed by atoms with Gasteiger partial charge >= 0.3 is 11.7 Å². The Kier molecular flexibility index (Phi) is 5.96. The zero-order valence-electron chi connectivity index (χ0n) is 18.3. The van der Waals surface area contributed by atoms with E-state index in [-0.39, 0.29) is 18.1 Å². The van der Waals surface area contributed by atoms with E-state index in [9.17, 15) is 18.0 Å². The molecule has 8 nitrogen and oxygen atoms in total. The van der Waals surface area contributed by atoms with Gasteiger partial charge in [-0.25, -0.2) is 13.2 Å². The predicted molar refractivity (Wildman–Crippen MR) is 122 cm³/mol. The minimum absolute atomic E-state index is 0.0182. The van der Waals surface area contributed by atoms with Crippen LogP contribution in [-0.4, -0.2) is 53.8 Å². The van der Waals surface area contributed by atoms with Crippen molar-refractivity contribution < 1.29 is 17.9 Å². The Labute approximate surface area is 187 Å². The van der Waals surface area contributed by atoms with E-state index in [4.69, 9.17) is 4.74 Å². The number of nitrogens with zero attached hydrogens (tertiary/aromatic N) is 3. The van der Waals surface area contributed by atoms with Crippen LogP contribution in [0.15, 0.2) is 59.4 Å². The second-order valence-electron chi connectivity index (χ2n) is 8.21. The van der Waals surface area contributed by atoms with E-state index < -0.39 is 21.8 Å². The Balaban J connectivity index is 1.75. The number of hydrogen-bond donors (Lipinski definition) is 0. The lowest BCUT2D eigenvalue weighted by Gasteiger charge is -2.41. The van der Waals surface area contributed by atoms with Gasteiger partial charge in [0, 0.05) is 18.6 Å². The van der Waals surface area contributed by atoms with E-state index in [1.807, 2.05) is 37.3 Å². The van der Waals surface area contributed by atoms with Gasteiger partial charge in [-0.2, -0.15) is 3.97 Å². The smallest absolute Gasteiger partial charge is 0.343 e. The fraction of sp³-hybridized carbons (Fsp3) is 0.391. The molecule has 1 aliphatic rings. The van der Waals surface area contributed by atoms with Crippen molar-refractivity contribution in [2.75, 3.05) is 19.9 Å². The number of benzene rings is 2. The van der Waals surface area contributed by atoms with Crippen molar-refractivity contribution >= 4 is 27.0 Å². The number of methoxy groups -OCH3 is 1. The van der Waals surface area contributed by atoms with Gasteiger partial charge in [0.2, 0.25) is 10.0 Å². The van der Waals surface area contributed by atoms with Crippen molar-refractivity contribution in [1.82, 2.24) is 13.4 Å². The first-order valence-corrected chi connectivity index (χ1v) is 12.4. The fourth-order valence-corrected chi connectivity index (χ4v) is 5.65. The Morgan fingerprint density at radius 2 is 1.69 bits per heavy atom. The van der Waals surface area contributed by atoms with Gasteiger partial charge in [0.15, 0.2) is 0 Å². The molecule has 4 rings (SSSR count). The number of para-hydroxylation sites is 2. The molecule has 0 spiro atoms. The van der Waals surface area contributed by atoms with Crippen LogP contribution in [0.2, 0.25) is 0 Å². The van der Waals surface area contributed by atoms with E-state index in [0.717, 1.165) is 15.8 Å². The third-order valence-corrected chi connectivity index (χ3v) is 7.32. The first-order valence-electron chi connectivity index (χ1n) is 10.5. The highest BCUT2D eigenvalue weighted by molar-refractivity contribution is 7.89. The molecule has 0 unspecified atom stereocenters. The molecular weight excluding hydrogens is 430 g/mol. The number of carbonyl (C=O) groups excluding carboxylic acids is 1. The summed E-state index contributed by atoms with van der Waals surface area (Å²) < 4.78 is 32.2. The van der Waals surface area contributed by atoms with E-state index in [2.05, 4.69) is 4.90 Å². The molecule has 0 bridgehead atoms. The zero-order valence-corrected chi connectivity index (χ0v) is 19.2. The van der Waals surface area contributed by atoms with Gasteiger partial charge in [-0.3, -0.25) is 14.3 Å². The molecule has 2 aromatic carbocycles. The molecule has 1 fully saturated rings. The van der Waals surface area contributed by atoms with Crippen LogP contribution in [-0.2, 0) is 19.6 Å². The summed E-state index contributed by atoms with van der Waals surface area (Å²) >= 11 is 0. The van der Waals surface area contributed by atoms with Crippen LogP contribution in [0.3, 0.4) is 0 Å². The van der Waals surface area contributed by atoms with Crippen molar-refractivity contribution in [2.45, 2.75) is 37.9 Å². The summed E-state index contributed by atoms with van der Waals surface area (Å²) in [6, 6.07) is 15.9. The minimum atomic E-state index is -3.79. The topological polar surface area (TPSA) is 90.6 Å². The number of imidazole rings is 1. The summed E-state index contributed by atoms with van der Waals surface area (Å²) in [7, 11) is -2.43. The quantitative estimate of drug-likeness (QED) is 0.547. The van der Waals surface area contributed by atoms with Crippen LogP contribution in [0.1, 0.15) is 37.4 Å². The third-order valence-electron chi connectivity index (χ3n) is 6.31. The molecule has 0 amide bonds. The predicted octanol–water partition coefficient (Wildman–Crippen LogP) is 2.55. The van der Waals surface area contributed by atoms with Crippen LogP contribution >= 0.6 is 0 Å². The molecule has 0 radical (unpaired) electrons. The average Bonchev–Trinajstić information content (AvgIpc) is 3.10. The molecule has 0 saturated carbocycles. The molecule has 3 atom stereocenters. The Morgan fingerprint density at radius 1 is 1.06 bits per heavy atom. The number of rotatable bonds is 5. The first-order chi connectivity index (χ1) is 15.2. The number of aromatic nitrogens is 2. The van der Waals surface area contributed by atoms with Crippen LogP contribution in [0.4, 0.5) is 0 Å². The highest BCUT2D eigenvalue weighted by Crippen LogP contribution is 2.35. The number of piperidine rings is 1. The number of carbonyl (C=O) groups is 1. The first kappa shape index (κ1) is 22.3. The van der Waals surface area contributed by atoms with Gasteiger partial charge in [0.25, 0.3) is 0 Å². The largest absolute Gasteiger partial charge is 0.468 e. The molecular formula is C23H27N3O5S. The summed E-state index contributed by atoms with van der Waals surface area (Å²) in [5.74, 6) is -0.364. The van der Waals surface area contributed by atoms with Crippen molar-refractivity contribution in [2.24, 2.45) is 0 Å². The number of likely N-dealkylation sites (tertiary alicyclic amines) is 1. The zero-order chi connectivity index (χ0) is 23.0. The van der Waals surface area contributed by atoms with Gasteiger partial charge < -0.3 is 4.74 Å². The molecule has 9 heteroatoms. The average molecular weight is 458 g/mol. The summed E-state index contributed by atoms with van der Waals surface area (Å²) in [5.41, 5.74) is 1.37. The lowest BCUT2D eigenvalue weighted by atomic mass is 9.93. The Bertz CT molecular complexity index is 1300. The molecule has 1 aromatic heterocycles. The molecule has 2 heterocycles. The third kappa shape index (κ3) is 3.86. The van der Waals surface area contributed by atoms with E-state index >= 15 is 0 Å². The van der Waals surface area contributed by atoms with E-state index in [0.29, 0.717) is 30.4 Å². The maximum Gasteiger partial charge on any atom is 0.343 e. The minimum Gasteiger partial charge on any atom is -0.468 e. The summed E-state index contributed by atoms with van der Waals surface area (Å²) in [4.78, 5) is 28.1. The van der Waals surface area contributed by atoms with Crippen LogP contribution in [0, 0.1) is 0 Å². The normalized spacial score (nSPS) is 20.8. The highest BCUT2D eigenvalue weighted by atomic mass is 32.2. The second kappa shape index (κ2) is 8.55. The molecule has 3 aromatic rings. The van der Waals surface area contributed by atoms with Gasteiger partial charge in [-0.1, -0.05) is 42.5 Å². The second-order valence-corrected chi connectivity index (χ2v) is 10.0. The Morgan fingerprint density at radius 3 is 2.31 bits per heavy atom. The standard InChI is InChI=1S/C23H27N3O5S/c1-16(17-9-5-4-6-10-17)24-14-13-18(15-21(24)22(27)31-2)25-19-11-7-8-12-20(19)26(23(25)28)32(3,29)30/h4-12,16,18,21H,13-15H2,1-3H3/t16-,18+,21+/m0/s1. The van der Waals surface area contributed by atoms with Crippen molar-refractivity contribution in [3.63, 3.8) is 0 Å². The molecule has 0 N–H and O–H groups in total. The molecule has 0 aliphatic carbocycles. The number of hydrogen-bond acceptors (Lipinski definition) is 6. The maximum atomic E-state index is 13.2. The fourth-order valence-electron chi connectivity index (χ4n) is 4.77.